The van der Waals surface area contributed by atoms with Crippen LogP contribution in [0.5, 0.6) is 0 Å². The zero-order chi connectivity index (χ0) is 7.78. The van der Waals surface area contributed by atoms with Crippen LogP contribution in [0.3, 0.4) is 0 Å². The van der Waals surface area contributed by atoms with E-state index < -0.39 is 0 Å². The Morgan fingerprint density at radius 3 is 2.40 bits per heavy atom. The van der Waals surface area contributed by atoms with E-state index in [1.165, 1.54) is 0 Å². The molecule has 10 heavy (non-hydrogen) atoms. The molecule has 0 aromatic heterocycles. The highest BCUT2D eigenvalue weighted by atomic mass is 16.3. The first-order valence-electron chi connectivity index (χ1n) is 3.99. The Morgan fingerprint density at radius 1 is 1.60 bits per heavy atom. The molecule has 1 N–H and O–H groups in total. The molecule has 0 aromatic carbocycles. The van der Waals surface area contributed by atoms with Crippen molar-refractivity contribution in [2.24, 2.45) is 5.41 Å². The molecule has 1 rings (SSSR count). The van der Waals surface area contributed by atoms with Crippen molar-refractivity contribution in [3.8, 4) is 0 Å². The van der Waals surface area contributed by atoms with Gasteiger partial charge >= 0.3 is 0 Å². The zero-order valence-corrected chi connectivity index (χ0v) is 7.09. The van der Waals surface area contributed by atoms with Crippen molar-refractivity contribution in [3.63, 3.8) is 0 Å². The predicted molar refractivity (Wildman–Crippen MR) is 41.9 cm³/mol. The first kappa shape index (κ1) is 8.02. The van der Waals surface area contributed by atoms with Crippen LogP contribution in [0.15, 0.2) is 0 Å². The maximum absolute atomic E-state index is 9.32. The summed E-state index contributed by atoms with van der Waals surface area (Å²) >= 11 is 0. The molecule has 1 saturated heterocycles. The molecule has 0 saturated carbocycles. The van der Waals surface area contributed by atoms with Crippen LogP contribution in [0.1, 0.15) is 20.8 Å². The molecule has 1 atom stereocenters. The monoisotopic (exact) mass is 143 g/mol. The van der Waals surface area contributed by atoms with Crippen LogP contribution in [-0.2, 0) is 0 Å². The lowest BCUT2D eigenvalue weighted by Crippen LogP contribution is -2.59. The van der Waals surface area contributed by atoms with Gasteiger partial charge < -0.3 is 10.0 Å². The fourth-order valence-corrected chi connectivity index (χ4v) is 1.46. The van der Waals surface area contributed by atoms with E-state index in [1.807, 2.05) is 6.92 Å². The molecule has 1 aliphatic heterocycles. The summed E-state index contributed by atoms with van der Waals surface area (Å²) in [6.45, 7) is 9.41. The Balaban J connectivity index is 2.34. The smallest absolute Gasteiger partial charge is 0.0590 e. The van der Waals surface area contributed by atoms with Crippen molar-refractivity contribution in [2.75, 3.05) is 19.6 Å². The highest BCUT2D eigenvalue weighted by molar-refractivity contribution is 4.94. The van der Waals surface area contributed by atoms with Crippen molar-refractivity contribution in [3.05, 3.63) is 0 Å². The van der Waals surface area contributed by atoms with Gasteiger partial charge in [-0.15, -0.1) is 0 Å². The minimum Gasteiger partial charge on any atom is -0.393 e. The molecule has 2 nitrogen and oxygen atoms in total. The largest absolute Gasteiger partial charge is 0.393 e. The fourth-order valence-electron chi connectivity index (χ4n) is 1.46. The van der Waals surface area contributed by atoms with Gasteiger partial charge in [0.15, 0.2) is 0 Å². The summed E-state index contributed by atoms with van der Waals surface area (Å²) in [5.74, 6) is 0. The molecular weight excluding hydrogens is 126 g/mol. The second-order valence-corrected chi connectivity index (χ2v) is 3.63. The Morgan fingerprint density at radius 2 is 2.10 bits per heavy atom. The Hall–Kier alpha value is -0.0800. The molecule has 0 bridgehead atoms. The molecule has 60 valence electrons. The lowest BCUT2D eigenvalue weighted by Gasteiger charge is -2.49. The highest BCUT2D eigenvalue weighted by Crippen LogP contribution is 2.32. The molecule has 0 radical (unpaired) electrons. The van der Waals surface area contributed by atoms with Gasteiger partial charge in [-0.3, -0.25) is 0 Å². The van der Waals surface area contributed by atoms with E-state index in [0.717, 1.165) is 19.6 Å². The number of aliphatic hydroxyl groups excluding tert-OH is 1. The third kappa shape index (κ3) is 1.18. The molecule has 1 unspecified atom stereocenters. The van der Waals surface area contributed by atoms with Crippen molar-refractivity contribution >= 4 is 0 Å². The van der Waals surface area contributed by atoms with Crippen LogP contribution >= 0.6 is 0 Å². The van der Waals surface area contributed by atoms with E-state index in [0.29, 0.717) is 0 Å². The van der Waals surface area contributed by atoms with E-state index in [4.69, 9.17) is 0 Å². The molecule has 1 fully saturated rings. The number of likely N-dealkylation sites (tertiary alicyclic amines) is 1. The number of rotatable bonds is 2. The minimum atomic E-state index is -0.157. The molecule has 1 heterocycles. The molecule has 0 aliphatic carbocycles. The van der Waals surface area contributed by atoms with E-state index in [9.17, 15) is 5.11 Å². The van der Waals surface area contributed by atoms with Crippen molar-refractivity contribution in [2.45, 2.75) is 26.9 Å². The molecule has 0 amide bonds. The number of nitrogens with zero attached hydrogens (tertiary/aromatic N) is 1. The van der Waals surface area contributed by atoms with Gasteiger partial charge in [0.2, 0.25) is 0 Å². The lowest BCUT2D eigenvalue weighted by molar-refractivity contribution is -0.0693. The Kier molecular flexibility index (Phi) is 2.02. The van der Waals surface area contributed by atoms with Gasteiger partial charge in [0.1, 0.15) is 0 Å². The minimum absolute atomic E-state index is 0.157. The summed E-state index contributed by atoms with van der Waals surface area (Å²) in [5, 5.41) is 9.32. The summed E-state index contributed by atoms with van der Waals surface area (Å²) in [7, 11) is 0. The topological polar surface area (TPSA) is 23.5 Å². The molecular formula is C8H17NO. The summed E-state index contributed by atoms with van der Waals surface area (Å²) in [4.78, 5) is 2.34. The van der Waals surface area contributed by atoms with Gasteiger partial charge in [-0.05, 0) is 13.5 Å². The SMILES string of the molecule is CCN1CC(C)(C(C)O)C1. The normalized spacial score (nSPS) is 27.6. The summed E-state index contributed by atoms with van der Waals surface area (Å²) in [6, 6.07) is 0. The molecule has 2 heteroatoms. The van der Waals surface area contributed by atoms with E-state index in [2.05, 4.69) is 18.7 Å². The third-order valence-corrected chi connectivity index (χ3v) is 2.63. The standard InChI is InChI=1S/C8H17NO/c1-4-9-5-8(3,6-9)7(2)10/h7,10H,4-6H2,1-3H3. The zero-order valence-electron chi connectivity index (χ0n) is 7.09. The lowest BCUT2D eigenvalue weighted by atomic mass is 9.77. The van der Waals surface area contributed by atoms with Crippen LogP contribution in [-0.4, -0.2) is 35.7 Å². The quantitative estimate of drug-likeness (QED) is 0.615. The molecule has 1 aliphatic rings. The third-order valence-electron chi connectivity index (χ3n) is 2.63. The van der Waals surface area contributed by atoms with Gasteiger partial charge in [0.05, 0.1) is 6.10 Å². The Bertz CT molecular complexity index is 116. The first-order chi connectivity index (χ1) is 4.58. The van der Waals surface area contributed by atoms with E-state index >= 15 is 0 Å². The molecule has 0 aromatic rings. The van der Waals surface area contributed by atoms with Crippen LogP contribution in [0, 0.1) is 5.41 Å². The second-order valence-electron chi connectivity index (χ2n) is 3.63. The van der Waals surface area contributed by atoms with Crippen LogP contribution in [0.25, 0.3) is 0 Å². The maximum atomic E-state index is 9.32. The first-order valence-corrected chi connectivity index (χ1v) is 3.99. The van der Waals surface area contributed by atoms with E-state index in [1.54, 1.807) is 0 Å². The van der Waals surface area contributed by atoms with Crippen LogP contribution in [0.4, 0.5) is 0 Å². The average molecular weight is 143 g/mol. The average Bonchev–Trinajstić information content (AvgIpc) is 1.80. The summed E-state index contributed by atoms with van der Waals surface area (Å²) < 4.78 is 0. The van der Waals surface area contributed by atoms with Gasteiger partial charge in [-0.1, -0.05) is 13.8 Å². The fraction of sp³-hybridized carbons (Fsp3) is 1.00. The molecule has 0 spiro atoms. The van der Waals surface area contributed by atoms with Crippen molar-refractivity contribution < 1.29 is 5.11 Å². The summed E-state index contributed by atoms with van der Waals surface area (Å²) in [5.41, 5.74) is 0.177. The van der Waals surface area contributed by atoms with Crippen LogP contribution < -0.4 is 0 Å². The van der Waals surface area contributed by atoms with Gasteiger partial charge in [0.25, 0.3) is 0 Å². The predicted octanol–water partition coefficient (Wildman–Crippen LogP) is 0.709. The maximum Gasteiger partial charge on any atom is 0.0590 e. The summed E-state index contributed by atoms with van der Waals surface area (Å²) in [6.07, 6.45) is -0.157. The number of hydrogen-bond acceptors (Lipinski definition) is 2. The van der Waals surface area contributed by atoms with Gasteiger partial charge in [0, 0.05) is 18.5 Å². The number of hydrogen-bond donors (Lipinski definition) is 1. The van der Waals surface area contributed by atoms with Gasteiger partial charge in [-0.25, -0.2) is 0 Å². The van der Waals surface area contributed by atoms with Crippen molar-refractivity contribution in [1.82, 2.24) is 4.90 Å². The second kappa shape index (κ2) is 2.51. The van der Waals surface area contributed by atoms with Crippen LogP contribution in [0.2, 0.25) is 0 Å². The highest BCUT2D eigenvalue weighted by Gasteiger charge is 2.41. The van der Waals surface area contributed by atoms with Gasteiger partial charge in [-0.2, -0.15) is 0 Å². The van der Waals surface area contributed by atoms with Crippen molar-refractivity contribution in [1.29, 1.82) is 0 Å². The van der Waals surface area contributed by atoms with E-state index in [-0.39, 0.29) is 11.5 Å². The number of aliphatic hydroxyl groups is 1. The Labute approximate surface area is 62.8 Å².